The van der Waals surface area contributed by atoms with Crippen LogP contribution in [0.15, 0.2) is 24.3 Å². The number of hydrogen-bond acceptors (Lipinski definition) is 5. The Bertz CT molecular complexity index is 746. The van der Waals surface area contributed by atoms with E-state index >= 15 is 0 Å². The van der Waals surface area contributed by atoms with E-state index in [1.807, 2.05) is 19.1 Å². The van der Waals surface area contributed by atoms with Crippen LogP contribution in [0.1, 0.15) is 53.5 Å². The molecule has 2 heterocycles. The SMILES string of the molecule is CCN(CC)c1ccc(NC(=O)c2sc(CN3CCCCC3)nc2C)cc1. The summed E-state index contributed by atoms with van der Waals surface area (Å²) >= 11 is 1.52. The average molecular weight is 387 g/mol. The van der Waals surface area contributed by atoms with E-state index in [1.165, 1.54) is 36.3 Å². The summed E-state index contributed by atoms with van der Waals surface area (Å²) < 4.78 is 0. The van der Waals surface area contributed by atoms with E-state index in [-0.39, 0.29) is 5.91 Å². The monoisotopic (exact) mass is 386 g/mol. The molecule has 0 spiro atoms. The van der Waals surface area contributed by atoms with E-state index in [4.69, 9.17) is 0 Å². The van der Waals surface area contributed by atoms with Crippen LogP contribution < -0.4 is 10.2 Å². The summed E-state index contributed by atoms with van der Waals surface area (Å²) in [4.78, 5) is 22.8. The Morgan fingerprint density at radius 2 is 1.81 bits per heavy atom. The van der Waals surface area contributed by atoms with Gasteiger partial charge in [-0.05, 0) is 71.0 Å². The third-order valence-corrected chi connectivity index (χ3v) is 6.25. The van der Waals surface area contributed by atoms with Gasteiger partial charge in [-0.15, -0.1) is 11.3 Å². The van der Waals surface area contributed by atoms with Crippen LogP contribution >= 0.6 is 11.3 Å². The van der Waals surface area contributed by atoms with Crippen LogP contribution in [-0.2, 0) is 6.54 Å². The van der Waals surface area contributed by atoms with Crippen molar-refractivity contribution in [3.05, 3.63) is 39.8 Å². The minimum Gasteiger partial charge on any atom is -0.372 e. The number of piperidine rings is 1. The quantitative estimate of drug-likeness (QED) is 0.759. The van der Waals surface area contributed by atoms with Crippen LogP contribution in [0, 0.1) is 6.92 Å². The number of aromatic nitrogens is 1. The van der Waals surface area contributed by atoms with Crippen molar-refractivity contribution in [2.75, 3.05) is 36.4 Å². The number of rotatable bonds is 7. The summed E-state index contributed by atoms with van der Waals surface area (Å²) in [7, 11) is 0. The first-order chi connectivity index (χ1) is 13.1. The zero-order chi connectivity index (χ0) is 19.2. The highest BCUT2D eigenvalue weighted by Crippen LogP contribution is 2.23. The molecule has 0 saturated carbocycles. The number of thiazole rings is 1. The van der Waals surface area contributed by atoms with Gasteiger partial charge in [-0.1, -0.05) is 6.42 Å². The second kappa shape index (κ2) is 9.33. The molecule has 0 bridgehead atoms. The molecule has 2 aromatic rings. The summed E-state index contributed by atoms with van der Waals surface area (Å²) in [6.45, 7) is 11.3. The number of carbonyl (C=O) groups is 1. The highest BCUT2D eigenvalue weighted by Gasteiger charge is 2.18. The molecule has 5 nitrogen and oxygen atoms in total. The van der Waals surface area contributed by atoms with Crippen molar-refractivity contribution >= 4 is 28.6 Å². The number of anilines is 2. The molecule has 1 aliphatic heterocycles. The van der Waals surface area contributed by atoms with Gasteiger partial charge in [-0.25, -0.2) is 4.98 Å². The molecule has 0 atom stereocenters. The third-order valence-electron chi connectivity index (χ3n) is 5.11. The van der Waals surface area contributed by atoms with E-state index in [9.17, 15) is 4.79 Å². The fourth-order valence-corrected chi connectivity index (χ4v) is 4.57. The molecule has 1 amide bonds. The predicted octanol–water partition coefficient (Wildman–Crippen LogP) is 4.54. The summed E-state index contributed by atoms with van der Waals surface area (Å²) in [5.74, 6) is -0.0644. The molecule has 1 aliphatic rings. The largest absolute Gasteiger partial charge is 0.372 e. The molecule has 1 saturated heterocycles. The lowest BCUT2D eigenvalue weighted by molar-refractivity contribution is 0.103. The van der Waals surface area contributed by atoms with E-state index in [0.717, 1.165) is 54.0 Å². The van der Waals surface area contributed by atoms with Crippen molar-refractivity contribution in [2.24, 2.45) is 0 Å². The minimum atomic E-state index is -0.0644. The lowest BCUT2D eigenvalue weighted by Gasteiger charge is -2.25. The maximum atomic E-state index is 12.7. The summed E-state index contributed by atoms with van der Waals surface area (Å²) in [6.07, 6.45) is 3.86. The number of aryl methyl sites for hydroxylation is 1. The maximum Gasteiger partial charge on any atom is 0.267 e. The van der Waals surface area contributed by atoms with Gasteiger partial charge in [0.2, 0.25) is 0 Å². The fraction of sp³-hybridized carbons (Fsp3) is 0.524. The molecular weight excluding hydrogens is 356 g/mol. The Labute approximate surface area is 166 Å². The van der Waals surface area contributed by atoms with E-state index < -0.39 is 0 Å². The van der Waals surface area contributed by atoms with E-state index in [0.29, 0.717) is 0 Å². The van der Waals surface area contributed by atoms with Gasteiger partial charge in [0.1, 0.15) is 9.88 Å². The van der Waals surface area contributed by atoms with Gasteiger partial charge in [0.05, 0.1) is 12.2 Å². The van der Waals surface area contributed by atoms with Gasteiger partial charge in [0.25, 0.3) is 5.91 Å². The number of amides is 1. The molecule has 0 aliphatic carbocycles. The molecule has 1 fully saturated rings. The number of nitrogens with one attached hydrogen (secondary N) is 1. The highest BCUT2D eigenvalue weighted by atomic mass is 32.1. The standard InChI is InChI=1S/C21H30N4OS/c1-4-25(5-2)18-11-9-17(10-12-18)23-21(26)20-16(3)22-19(27-20)15-24-13-7-6-8-14-24/h9-12H,4-8,13-15H2,1-3H3,(H,23,26). The van der Waals surface area contributed by atoms with Gasteiger partial charge < -0.3 is 10.2 Å². The first kappa shape index (κ1) is 19.8. The highest BCUT2D eigenvalue weighted by molar-refractivity contribution is 7.13. The van der Waals surface area contributed by atoms with Crippen molar-refractivity contribution in [3.8, 4) is 0 Å². The van der Waals surface area contributed by atoms with Crippen molar-refractivity contribution in [2.45, 2.75) is 46.6 Å². The Kier molecular flexibility index (Phi) is 6.85. The van der Waals surface area contributed by atoms with Gasteiger partial charge in [-0.3, -0.25) is 9.69 Å². The zero-order valence-electron chi connectivity index (χ0n) is 16.6. The second-order valence-corrected chi connectivity index (χ2v) is 8.12. The Morgan fingerprint density at radius 1 is 1.15 bits per heavy atom. The first-order valence-corrected chi connectivity index (χ1v) is 10.8. The van der Waals surface area contributed by atoms with Crippen molar-refractivity contribution < 1.29 is 4.79 Å². The second-order valence-electron chi connectivity index (χ2n) is 7.03. The maximum absolute atomic E-state index is 12.7. The number of carbonyl (C=O) groups excluding carboxylic acids is 1. The topological polar surface area (TPSA) is 48.5 Å². The van der Waals surface area contributed by atoms with Crippen molar-refractivity contribution in [1.29, 1.82) is 0 Å². The molecule has 1 N–H and O–H groups in total. The molecule has 146 valence electrons. The molecule has 1 aromatic carbocycles. The molecule has 0 radical (unpaired) electrons. The predicted molar refractivity (Wildman–Crippen MR) is 114 cm³/mol. The van der Waals surface area contributed by atoms with Gasteiger partial charge in [0.15, 0.2) is 0 Å². The Hall–Kier alpha value is -1.92. The van der Waals surface area contributed by atoms with Gasteiger partial charge >= 0.3 is 0 Å². The molecule has 0 unspecified atom stereocenters. The van der Waals surface area contributed by atoms with Crippen molar-refractivity contribution in [3.63, 3.8) is 0 Å². The average Bonchev–Trinajstić information content (AvgIpc) is 3.05. The van der Waals surface area contributed by atoms with Crippen LogP contribution in [0.3, 0.4) is 0 Å². The number of benzene rings is 1. The van der Waals surface area contributed by atoms with Gasteiger partial charge in [0, 0.05) is 24.5 Å². The van der Waals surface area contributed by atoms with Gasteiger partial charge in [-0.2, -0.15) is 0 Å². The molecule has 3 rings (SSSR count). The lowest BCUT2D eigenvalue weighted by Crippen LogP contribution is -2.28. The minimum absolute atomic E-state index is 0.0644. The summed E-state index contributed by atoms with van der Waals surface area (Å²) in [5, 5.41) is 4.06. The molecular formula is C21H30N4OS. The smallest absolute Gasteiger partial charge is 0.267 e. The normalized spacial score (nSPS) is 14.9. The summed E-state index contributed by atoms with van der Waals surface area (Å²) in [5.41, 5.74) is 2.82. The number of hydrogen-bond donors (Lipinski definition) is 1. The van der Waals surface area contributed by atoms with Crippen LogP contribution in [0.2, 0.25) is 0 Å². The number of nitrogens with zero attached hydrogens (tertiary/aromatic N) is 3. The van der Waals surface area contributed by atoms with Crippen LogP contribution in [0.25, 0.3) is 0 Å². The summed E-state index contributed by atoms with van der Waals surface area (Å²) in [6, 6.07) is 8.06. The zero-order valence-corrected chi connectivity index (χ0v) is 17.4. The van der Waals surface area contributed by atoms with Crippen molar-refractivity contribution in [1.82, 2.24) is 9.88 Å². The Balaban J connectivity index is 1.63. The molecule has 1 aromatic heterocycles. The fourth-order valence-electron chi connectivity index (χ4n) is 3.57. The van der Waals surface area contributed by atoms with E-state index in [2.05, 4.69) is 46.1 Å². The Morgan fingerprint density at radius 3 is 2.44 bits per heavy atom. The van der Waals surface area contributed by atoms with Crippen LogP contribution in [-0.4, -0.2) is 42.0 Å². The van der Waals surface area contributed by atoms with E-state index in [1.54, 1.807) is 0 Å². The third kappa shape index (κ3) is 5.08. The molecule has 27 heavy (non-hydrogen) atoms. The lowest BCUT2D eigenvalue weighted by atomic mass is 10.1. The first-order valence-electron chi connectivity index (χ1n) is 9.95. The molecule has 6 heteroatoms. The number of likely N-dealkylation sites (tertiary alicyclic amines) is 1. The van der Waals surface area contributed by atoms with Crippen LogP contribution in [0.4, 0.5) is 11.4 Å². The van der Waals surface area contributed by atoms with Crippen LogP contribution in [0.5, 0.6) is 0 Å².